The van der Waals surface area contributed by atoms with Gasteiger partial charge in [-0.3, -0.25) is 14.6 Å². The van der Waals surface area contributed by atoms with Crippen LogP contribution < -0.4 is 20.1 Å². The third kappa shape index (κ3) is 6.37. The molecule has 3 heterocycles. The highest BCUT2D eigenvalue weighted by molar-refractivity contribution is 6.36. The molecule has 1 fully saturated rings. The molecule has 4 rings (SSSR count). The third-order valence-corrected chi connectivity index (χ3v) is 6.36. The topological polar surface area (TPSA) is 125 Å². The molecule has 0 unspecified atom stereocenters. The van der Waals surface area contributed by atoms with E-state index in [2.05, 4.69) is 25.6 Å². The molecule has 0 radical (unpaired) electrons. The molecular formula is C25H22Cl2F3N5O5. The van der Waals surface area contributed by atoms with Crippen LogP contribution in [0.4, 0.5) is 13.2 Å². The zero-order valence-corrected chi connectivity index (χ0v) is 22.5. The monoisotopic (exact) mass is 599 g/mol. The Bertz CT molecular complexity index is 1410. The van der Waals surface area contributed by atoms with Crippen molar-refractivity contribution in [2.24, 2.45) is 0 Å². The summed E-state index contributed by atoms with van der Waals surface area (Å²) in [5.41, 5.74) is -1.12. The minimum atomic E-state index is -2.76. The predicted octanol–water partition coefficient (Wildman–Crippen LogP) is 4.01. The lowest BCUT2D eigenvalue weighted by Crippen LogP contribution is -2.70. The molecule has 0 bridgehead atoms. The molecule has 2 N–H and O–H groups in total. The number of aromatic nitrogens is 3. The molecule has 1 aromatic carbocycles. The minimum absolute atomic E-state index is 0.0375. The van der Waals surface area contributed by atoms with E-state index in [1.807, 2.05) is 0 Å². The van der Waals surface area contributed by atoms with E-state index in [4.69, 9.17) is 37.4 Å². The zero-order chi connectivity index (χ0) is 29.0. The van der Waals surface area contributed by atoms with Crippen molar-refractivity contribution in [1.82, 2.24) is 25.6 Å². The van der Waals surface area contributed by atoms with Gasteiger partial charge >= 0.3 is 6.01 Å². The van der Waals surface area contributed by atoms with Crippen LogP contribution in [-0.2, 0) is 9.53 Å². The van der Waals surface area contributed by atoms with E-state index >= 15 is 4.39 Å². The Morgan fingerprint density at radius 2 is 1.82 bits per heavy atom. The molecule has 212 valence electrons. The summed E-state index contributed by atoms with van der Waals surface area (Å²) in [7, 11) is 1.38. The molecule has 3 aromatic rings. The van der Waals surface area contributed by atoms with Crippen LogP contribution in [0.5, 0.6) is 11.8 Å². The number of amides is 2. The second-order valence-corrected chi connectivity index (χ2v) is 9.58. The van der Waals surface area contributed by atoms with Crippen LogP contribution in [0.25, 0.3) is 11.1 Å². The number of alkyl halides is 2. The molecule has 15 heteroatoms. The van der Waals surface area contributed by atoms with Crippen molar-refractivity contribution in [3.63, 3.8) is 0 Å². The molecule has 2 aromatic heterocycles. The number of carbonyl (C=O) groups excluding carboxylic acids is 2. The summed E-state index contributed by atoms with van der Waals surface area (Å²) in [5, 5.41) is 5.39. The van der Waals surface area contributed by atoms with Crippen molar-refractivity contribution in [1.29, 1.82) is 0 Å². The van der Waals surface area contributed by atoms with Crippen molar-refractivity contribution in [3.8, 4) is 22.9 Å². The number of nitrogens with one attached hydrogen (secondary N) is 2. The fraction of sp³-hybridized carbons (Fsp3) is 0.320. The highest BCUT2D eigenvalue weighted by Crippen LogP contribution is 2.39. The molecule has 2 amide bonds. The standard InChI is InChI=1S/C25H22Cl2F3N5O5/c1-12(34-23(37)25(10-39-11-25)35-22(36)14-7-32-24(38-2)33-8-14)20-18(28)3-13(6-31-20)16-4-15(26)5-17(27)21(16)40-9-19(29)30/h3-8,12,19H,9-11H2,1-2H3,(H,34,37)(H,35,36)/t12-/m1/s1. The maximum atomic E-state index is 15.2. The van der Waals surface area contributed by atoms with Crippen LogP contribution in [-0.4, -0.2) is 65.7 Å². The third-order valence-electron chi connectivity index (χ3n) is 5.86. The molecule has 1 atom stereocenters. The number of ether oxygens (including phenoxy) is 3. The Labute approximate surface area is 236 Å². The maximum Gasteiger partial charge on any atom is 0.316 e. The summed E-state index contributed by atoms with van der Waals surface area (Å²) >= 11 is 12.2. The van der Waals surface area contributed by atoms with E-state index in [9.17, 15) is 18.4 Å². The smallest absolute Gasteiger partial charge is 0.316 e. The SMILES string of the molecule is COc1ncc(C(=O)NC2(C(=O)N[C@H](C)c3ncc(-c4cc(Cl)cc(Cl)c4OCC(F)F)cc3F)COC2)cn1. The summed E-state index contributed by atoms with van der Waals surface area (Å²) < 4.78 is 55.8. The molecule has 0 saturated carbocycles. The van der Waals surface area contributed by atoms with Gasteiger partial charge in [-0.15, -0.1) is 0 Å². The van der Waals surface area contributed by atoms with Gasteiger partial charge < -0.3 is 24.8 Å². The van der Waals surface area contributed by atoms with Gasteiger partial charge in [0.2, 0.25) is 0 Å². The van der Waals surface area contributed by atoms with Crippen LogP contribution in [0.1, 0.15) is 29.0 Å². The lowest BCUT2D eigenvalue weighted by atomic mass is 9.94. The second kappa shape index (κ2) is 12.2. The molecule has 0 aliphatic carbocycles. The van der Waals surface area contributed by atoms with Gasteiger partial charge in [0.15, 0.2) is 5.54 Å². The van der Waals surface area contributed by atoms with Crippen LogP contribution in [0.3, 0.4) is 0 Å². The summed E-state index contributed by atoms with van der Waals surface area (Å²) in [6.07, 6.45) is 0.992. The summed E-state index contributed by atoms with van der Waals surface area (Å²) in [6.45, 7) is 0.349. The van der Waals surface area contributed by atoms with E-state index in [0.717, 1.165) is 6.07 Å². The van der Waals surface area contributed by atoms with E-state index in [1.165, 1.54) is 44.8 Å². The van der Waals surface area contributed by atoms with E-state index in [1.54, 1.807) is 0 Å². The number of hydrogen-bond donors (Lipinski definition) is 2. The molecule has 1 aliphatic heterocycles. The fourth-order valence-corrected chi connectivity index (χ4v) is 4.33. The fourth-order valence-electron chi connectivity index (χ4n) is 3.78. The molecular weight excluding hydrogens is 578 g/mol. The first-order valence-electron chi connectivity index (χ1n) is 11.7. The first kappa shape index (κ1) is 29.3. The first-order chi connectivity index (χ1) is 19.0. The molecule has 1 saturated heterocycles. The van der Waals surface area contributed by atoms with Gasteiger partial charge in [0.1, 0.15) is 18.2 Å². The van der Waals surface area contributed by atoms with Gasteiger partial charge in [-0.05, 0) is 25.1 Å². The number of methoxy groups -OCH3 is 1. The van der Waals surface area contributed by atoms with Crippen molar-refractivity contribution < 1.29 is 37.0 Å². The summed E-state index contributed by atoms with van der Waals surface area (Å²) in [4.78, 5) is 37.7. The number of hydrogen-bond acceptors (Lipinski definition) is 8. The number of halogens is 5. The van der Waals surface area contributed by atoms with Crippen molar-refractivity contribution in [2.45, 2.75) is 24.9 Å². The summed E-state index contributed by atoms with van der Waals surface area (Å²) in [5.74, 6) is -2.15. The van der Waals surface area contributed by atoms with Gasteiger partial charge in [-0.25, -0.2) is 23.1 Å². The average Bonchev–Trinajstić information content (AvgIpc) is 2.89. The second-order valence-electron chi connectivity index (χ2n) is 8.74. The largest absolute Gasteiger partial charge is 0.485 e. The van der Waals surface area contributed by atoms with E-state index < -0.39 is 42.2 Å². The molecule has 1 aliphatic rings. The van der Waals surface area contributed by atoms with Gasteiger partial charge in [-0.2, -0.15) is 0 Å². The minimum Gasteiger partial charge on any atom is -0.485 e. The molecule has 10 nitrogen and oxygen atoms in total. The van der Waals surface area contributed by atoms with Crippen LogP contribution in [0.2, 0.25) is 10.0 Å². The van der Waals surface area contributed by atoms with Crippen molar-refractivity contribution in [2.75, 3.05) is 26.9 Å². The van der Waals surface area contributed by atoms with Gasteiger partial charge in [0.25, 0.3) is 18.2 Å². The van der Waals surface area contributed by atoms with Crippen LogP contribution in [0, 0.1) is 5.82 Å². The zero-order valence-electron chi connectivity index (χ0n) is 21.0. The Balaban J connectivity index is 1.50. The summed E-state index contributed by atoms with van der Waals surface area (Å²) in [6, 6.07) is 2.92. The highest BCUT2D eigenvalue weighted by Gasteiger charge is 2.48. The first-order valence-corrected chi connectivity index (χ1v) is 12.4. The van der Waals surface area contributed by atoms with Gasteiger partial charge in [-0.1, -0.05) is 23.2 Å². The van der Waals surface area contributed by atoms with E-state index in [0.29, 0.717) is 0 Å². The van der Waals surface area contributed by atoms with Crippen LogP contribution in [0.15, 0.2) is 36.8 Å². The lowest BCUT2D eigenvalue weighted by molar-refractivity contribution is -0.147. The van der Waals surface area contributed by atoms with Gasteiger partial charge in [0.05, 0.1) is 42.6 Å². The Hall–Kier alpha value is -3.68. The van der Waals surface area contributed by atoms with E-state index in [-0.39, 0.29) is 57.4 Å². The normalized spacial score (nSPS) is 14.7. The Morgan fingerprint density at radius 3 is 2.40 bits per heavy atom. The number of pyridine rings is 1. The molecule has 40 heavy (non-hydrogen) atoms. The number of nitrogens with zero attached hydrogens (tertiary/aromatic N) is 3. The number of carbonyl (C=O) groups is 2. The lowest BCUT2D eigenvalue weighted by Gasteiger charge is -2.40. The number of benzene rings is 1. The van der Waals surface area contributed by atoms with Gasteiger partial charge in [0, 0.05) is 34.7 Å². The quantitative estimate of drug-likeness (QED) is 0.358. The van der Waals surface area contributed by atoms with Crippen molar-refractivity contribution >= 4 is 35.0 Å². The maximum absolute atomic E-state index is 15.2. The predicted molar refractivity (Wildman–Crippen MR) is 137 cm³/mol. The average molecular weight is 600 g/mol. The Kier molecular flexibility index (Phi) is 8.96. The van der Waals surface area contributed by atoms with Crippen molar-refractivity contribution in [3.05, 3.63) is 63.9 Å². The Morgan fingerprint density at radius 1 is 1.12 bits per heavy atom. The molecule has 0 spiro atoms. The highest BCUT2D eigenvalue weighted by atomic mass is 35.5. The van der Waals surface area contributed by atoms with Crippen LogP contribution >= 0.6 is 23.2 Å². The number of rotatable bonds is 10.